The van der Waals surface area contributed by atoms with Crippen molar-refractivity contribution in [3.05, 3.63) is 77.4 Å². The molecule has 0 amide bonds. The van der Waals surface area contributed by atoms with Crippen LogP contribution in [-0.4, -0.2) is 23.7 Å². The molecule has 2 aromatic carbocycles. The topological polar surface area (TPSA) is 72.8 Å². The van der Waals surface area contributed by atoms with E-state index in [2.05, 4.69) is 13.5 Å². The van der Waals surface area contributed by atoms with E-state index in [1.165, 1.54) is 38.5 Å². The third-order valence-electron chi connectivity index (χ3n) is 7.18. The van der Waals surface area contributed by atoms with Gasteiger partial charge in [-0.2, -0.15) is 0 Å². The van der Waals surface area contributed by atoms with Crippen molar-refractivity contribution in [1.29, 1.82) is 0 Å². The van der Waals surface area contributed by atoms with E-state index in [-0.39, 0.29) is 13.2 Å². The molecule has 5 heteroatoms. The van der Waals surface area contributed by atoms with Crippen molar-refractivity contribution in [2.45, 2.75) is 83.7 Å². The Balaban J connectivity index is 1.69. The second-order valence-electron chi connectivity index (χ2n) is 9.80. The largest absolute Gasteiger partial charge is 0.458 e. The molecule has 194 valence electrons. The zero-order valence-electron chi connectivity index (χ0n) is 21.5. The van der Waals surface area contributed by atoms with Gasteiger partial charge in [0.15, 0.2) is 0 Å². The lowest BCUT2D eigenvalue weighted by Crippen LogP contribution is -2.16. The number of carbonyl (C=O) groups is 2. The van der Waals surface area contributed by atoms with Crippen LogP contribution in [0.2, 0.25) is 0 Å². The number of aliphatic hydroxyl groups is 1. The predicted octanol–water partition coefficient (Wildman–Crippen LogP) is 6.91. The van der Waals surface area contributed by atoms with Crippen molar-refractivity contribution in [3.63, 3.8) is 0 Å². The van der Waals surface area contributed by atoms with Gasteiger partial charge in [0.05, 0.1) is 5.56 Å². The Morgan fingerprint density at radius 3 is 2.44 bits per heavy atom. The third kappa shape index (κ3) is 8.34. The lowest BCUT2D eigenvalue weighted by Gasteiger charge is -2.30. The van der Waals surface area contributed by atoms with Gasteiger partial charge in [-0.25, -0.2) is 9.59 Å². The Kier molecular flexibility index (Phi) is 11.2. The molecular formula is C31H40O5. The summed E-state index contributed by atoms with van der Waals surface area (Å²) in [5, 5.41) is 8.98. The van der Waals surface area contributed by atoms with Crippen LogP contribution in [0, 0.1) is 5.92 Å². The van der Waals surface area contributed by atoms with Crippen LogP contribution in [0.25, 0.3) is 0 Å². The normalized spacial score (nSPS) is 17.4. The summed E-state index contributed by atoms with van der Waals surface area (Å²) in [6, 6.07) is 13.0. The molecule has 0 unspecified atom stereocenters. The van der Waals surface area contributed by atoms with Crippen molar-refractivity contribution in [3.8, 4) is 5.75 Å². The summed E-state index contributed by atoms with van der Waals surface area (Å²) in [7, 11) is 0. The van der Waals surface area contributed by atoms with Crippen LogP contribution < -0.4 is 4.74 Å². The molecule has 0 bridgehead atoms. The number of unbranched alkanes of at least 4 members (excludes halogenated alkanes) is 2. The second kappa shape index (κ2) is 14.6. The van der Waals surface area contributed by atoms with Gasteiger partial charge in [-0.1, -0.05) is 57.4 Å². The second-order valence-corrected chi connectivity index (χ2v) is 9.80. The van der Waals surface area contributed by atoms with Gasteiger partial charge in [0.25, 0.3) is 0 Å². The first-order valence-electron chi connectivity index (χ1n) is 13.4. The number of rotatable bonds is 13. The van der Waals surface area contributed by atoms with Gasteiger partial charge in [0.2, 0.25) is 0 Å². The van der Waals surface area contributed by atoms with E-state index in [1.54, 1.807) is 18.2 Å². The fraction of sp³-hybridized carbons (Fsp3) is 0.484. The van der Waals surface area contributed by atoms with Crippen LogP contribution in [0.5, 0.6) is 5.75 Å². The number of benzene rings is 2. The van der Waals surface area contributed by atoms with Crippen LogP contribution in [0.3, 0.4) is 0 Å². The monoisotopic (exact) mass is 492 g/mol. The summed E-state index contributed by atoms with van der Waals surface area (Å²) in [5.74, 6) is 0.758. The lowest BCUT2D eigenvalue weighted by atomic mass is 9.76. The Morgan fingerprint density at radius 1 is 1.03 bits per heavy atom. The highest BCUT2D eigenvalue weighted by molar-refractivity contribution is 5.91. The Labute approximate surface area is 215 Å². The molecule has 0 atom stereocenters. The van der Waals surface area contributed by atoms with Crippen molar-refractivity contribution in [2.75, 3.05) is 6.61 Å². The van der Waals surface area contributed by atoms with Gasteiger partial charge in [0.1, 0.15) is 12.4 Å². The van der Waals surface area contributed by atoms with Crippen LogP contribution in [0.4, 0.5) is 0 Å². The molecule has 1 N–H and O–H groups in total. The maximum Gasteiger partial charge on any atom is 0.343 e. The lowest BCUT2D eigenvalue weighted by molar-refractivity contribution is -0.139. The molecule has 3 rings (SSSR count). The summed E-state index contributed by atoms with van der Waals surface area (Å²) in [5.41, 5.74) is 3.53. The summed E-state index contributed by atoms with van der Waals surface area (Å²) in [6.07, 6.45) is 12.5. The number of ether oxygens (including phenoxy) is 2. The summed E-state index contributed by atoms with van der Waals surface area (Å²) in [6.45, 7) is 5.98. The van der Waals surface area contributed by atoms with E-state index >= 15 is 0 Å². The fourth-order valence-corrected chi connectivity index (χ4v) is 5.08. The summed E-state index contributed by atoms with van der Waals surface area (Å²) >= 11 is 0. The van der Waals surface area contributed by atoms with Gasteiger partial charge in [-0.15, -0.1) is 0 Å². The van der Waals surface area contributed by atoms with Crippen molar-refractivity contribution in [2.24, 2.45) is 5.92 Å². The molecule has 0 aliphatic heterocycles. The molecular weight excluding hydrogens is 452 g/mol. The van der Waals surface area contributed by atoms with E-state index in [0.717, 1.165) is 47.9 Å². The number of carbonyl (C=O) groups excluding carboxylic acids is 2. The molecule has 2 aromatic rings. The Hall–Kier alpha value is -2.92. The molecule has 0 aromatic heterocycles. The third-order valence-corrected chi connectivity index (χ3v) is 7.18. The minimum Gasteiger partial charge on any atom is -0.458 e. The molecule has 0 radical (unpaired) electrons. The quantitative estimate of drug-likeness (QED) is 0.142. The summed E-state index contributed by atoms with van der Waals surface area (Å²) in [4.78, 5) is 24.6. The highest BCUT2D eigenvalue weighted by Crippen LogP contribution is 2.39. The number of hydrogen-bond donors (Lipinski definition) is 1. The van der Waals surface area contributed by atoms with Crippen molar-refractivity contribution >= 4 is 11.9 Å². The van der Waals surface area contributed by atoms with Gasteiger partial charge >= 0.3 is 11.9 Å². The molecule has 1 aliphatic carbocycles. The van der Waals surface area contributed by atoms with E-state index < -0.39 is 11.9 Å². The standard InChI is InChI=1S/C31H40O5/c1-3-5-6-8-23-10-14-25(15-11-23)29-19-16-26(21-27(29)22-35-30(33)4-2)31(34)36-28-17-12-24(13-18-28)9-7-20-32/h4,12-13,16-19,21,23,25,32H,2-3,5-11,14-15,20,22H2,1H3. The van der Waals surface area contributed by atoms with E-state index in [4.69, 9.17) is 14.6 Å². The maximum absolute atomic E-state index is 12.9. The predicted molar refractivity (Wildman–Crippen MR) is 142 cm³/mol. The van der Waals surface area contributed by atoms with Crippen LogP contribution >= 0.6 is 0 Å². The van der Waals surface area contributed by atoms with Crippen LogP contribution in [0.15, 0.2) is 55.1 Å². The average molecular weight is 493 g/mol. The SMILES string of the molecule is C=CC(=O)OCc1cc(C(=O)Oc2ccc(CCCO)cc2)ccc1C1CCC(CCCCC)CC1. The van der Waals surface area contributed by atoms with Crippen molar-refractivity contribution < 1.29 is 24.2 Å². The molecule has 36 heavy (non-hydrogen) atoms. The first kappa shape index (κ1) is 27.7. The highest BCUT2D eigenvalue weighted by Gasteiger charge is 2.25. The first-order valence-corrected chi connectivity index (χ1v) is 13.4. The molecule has 1 aliphatic rings. The highest BCUT2D eigenvalue weighted by atomic mass is 16.5. The summed E-state index contributed by atoms with van der Waals surface area (Å²) < 4.78 is 11.0. The minimum atomic E-state index is -0.477. The smallest absolute Gasteiger partial charge is 0.343 e. The van der Waals surface area contributed by atoms with Crippen LogP contribution in [0.1, 0.15) is 97.7 Å². The van der Waals surface area contributed by atoms with Gasteiger partial charge < -0.3 is 14.6 Å². The molecule has 0 heterocycles. The number of aryl methyl sites for hydroxylation is 1. The number of esters is 2. The van der Waals surface area contributed by atoms with Gasteiger partial charge in [-0.3, -0.25) is 0 Å². The van der Waals surface area contributed by atoms with Crippen molar-refractivity contribution in [1.82, 2.24) is 0 Å². The van der Waals surface area contributed by atoms with E-state index in [9.17, 15) is 9.59 Å². The van der Waals surface area contributed by atoms with Crippen LogP contribution in [-0.2, 0) is 22.6 Å². The molecule has 5 nitrogen and oxygen atoms in total. The van der Waals surface area contributed by atoms with E-state index in [0.29, 0.717) is 23.7 Å². The number of aliphatic hydroxyl groups excluding tert-OH is 1. The maximum atomic E-state index is 12.9. The molecule has 0 saturated heterocycles. The van der Waals surface area contributed by atoms with Gasteiger partial charge in [-0.05, 0) is 91.3 Å². The fourth-order valence-electron chi connectivity index (χ4n) is 5.08. The molecule has 0 spiro atoms. The zero-order valence-corrected chi connectivity index (χ0v) is 21.5. The zero-order chi connectivity index (χ0) is 25.8. The number of hydrogen-bond acceptors (Lipinski definition) is 5. The Bertz CT molecular complexity index is 987. The first-order chi connectivity index (χ1) is 17.5. The van der Waals surface area contributed by atoms with E-state index in [1.807, 2.05) is 24.3 Å². The minimum absolute atomic E-state index is 0.108. The molecule has 1 fully saturated rings. The molecule has 1 saturated carbocycles. The average Bonchev–Trinajstić information content (AvgIpc) is 2.91. The van der Waals surface area contributed by atoms with Gasteiger partial charge in [0, 0.05) is 12.7 Å². The Morgan fingerprint density at radius 2 is 1.78 bits per heavy atom.